The number of aryl methyl sites for hydroxylation is 1. The lowest BCUT2D eigenvalue weighted by atomic mass is 10.1. The molecule has 1 aliphatic heterocycles. The number of imidazole rings is 1. The molecular weight excluding hydrogens is 332 g/mol. The molecule has 3 rings (SSSR count). The maximum Gasteiger partial charge on any atom is 0.273 e. The van der Waals surface area contributed by atoms with Gasteiger partial charge in [0.1, 0.15) is 17.3 Å². The van der Waals surface area contributed by atoms with Crippen LogP contribution >= 0.6 is 0 Å². The topological polar surface area (TPSA) is 87.3 Å². The summed E-state index contributed by atoms with van der Waals surface area (Å²) in [7, 11) is 3.34. The minimum Gasteiger partial charge on any atom is -0.491 e. The number of ether oxygens (including phenoxy) is 1. The van der Waals surface area contributed by atoms with Gasteiger partial charge in [-0.25, -0.2) is 4.98 Å². The van der Waals surface area contributed by atoms with E-state index in [0.717, 1.165) is 11.3 Å². The van der Waals surface area contributed by atoms with Gasteiger partial charge in [0.15, 0.2) is 0 Å². The number of hydrogen-bond acceptors (Lipinski definition) is 4. The van der Waals surface area contributed by atoms with Crippen LogP contribution in [0.5, 0.6) is 5.75 Å². The van der Waals surface area contributed by atoms with Crippen molar-refractivity contribution >= 4 is 29.2 Å². The van der Waals surface area contributed by atoms with Crippen molar-refractivity contribution in [2.24, 2.45) is 0 Å². The van der Waals surface area contributed by atoms with Crippen LogP contribution in [0.3, 0.4) is 0 Å². The van der Waals surface area contributed by atoms with Gasteiger partial charge in [-0.2, -0.15) is 0 Å². The van der Waals surface area contributed by atoms with Crippen molar-refractivity contribution in [2.45, 2.75) is 26.9 Å². The molecular formula is C19H22N4O3. The molecule has 2 aromatic rings. The van der Waals surface area contributed by atoms with E-state index in [9.17, 15) is 9.59 Å². The maximum atomic E-state index is 12.4. The molecule has 0 radical (unpaired) electrons. The largest absolute Gasteiger partial charge is 0.491 e. The van der Waals surface area contributed by atoms with Crippen molar-refractivity contribution < 1.29 is 14.3 Å². The molecule has 7 nitrogen and oxygen atoms in total. The summed E-state index contributed by atoms with van der Waals surface area (Å²) in [5, 5.41) is 2.83. The Hall–Kier alpha value is -3.09. The molecule has 136 valence electrons. The zero-order valence-corrected chi connectivity index (χ0v) is 15.5. The summed E-state index contributed by atoms with van der Waals surface area (Å²) < 4.78 is 5.71. The van der Waals surface area contributed by atoms with Crippen molar-refractivity contribution in [1.29, 1.82) is 0 Å². The van der Waals surface area contributed by atoms with Crippen LogP contribution in [0.25, 0.3) is 11.6 Å². The Morgan fingerprint density at radius 2 is 2.04 bits per heavy atom. The second-order valence-corrected chi connectivity index (χ2v) is 6.68. The number of amides is 2. The zero-order valence-electron chi connectivity index (χ0n) is 15.5. The van der Waals surface area contributed by atoms with Crippen LogP contribution < -0.4 is 10.1 Å². The number of carbonyl (C=O) groups excluding carboxylic acids is 2. The average molecular weight is 354 g/mol. The van der Waals surface area contributed by atoms with Gasteiger partial charge in [0.25, 0.3) is 11.8 Å². The van der Waals surface area contributed by atoms with Crippen molar-refractivity contribution in [2.75, 3.05) is 19.4 Å². The second-order valence-electron chi connectivity index (χ2n) is 6.68. The molecule has 26 heavy (non-hydrogen) atoms. The quantitative estimate of drug-likeness (QED) is 0.827. The summed E-state index contributed by atoms with van der Waals surface area (Å²) in [6, 6.07) is 5.48. The fraction of sp³-hybridized carbons (Fsp3) is 0.316. The van der Waals surface area contributed by atoms with Crippen LogP contribution in [-0.2, 0) is 4.79 Å². The SMILES string of the molecule is Cc1[nH]c(C=C2C(=O)Nc3ccc(OC(C)C)cc32)nc1C(=O)N(C)C. The molecule has 0 saturated carbocycles. The van der Waals surface area contributed by atoms with Gasteiger partial charge < -0.3 is 19.9 Å². The molecule has 0 aliphatic carbocycles. The Bertz CT molecular complexity index is 910. The Morgan fingerprint density at radius 3 is 2.69 bits per heavy atom. The minimum atomic E-state index is -0.212. The number of aromatic amines is 1. The lowest BCUT2D eigenvalue weighted by Crippen LogP contribution is -2.22. The number of nitrogens with zero attached hydrogens (tertiary/aromatic N) is 2. The van der Waals surface area contributed by atoms with Crippen LogP contribution in [0.2, 0.25) is 0 Å². The monoisotopic (exact) mass is 354 g/mol. The van der Waals surface area contributed by atoms with Crippen LogP contribution in [0.1, 0.15) is 41.4 Å². The van der Waals surface area contributed by atoms with Gasteiger partial charge in [-0.3, -0.25) is 9.59 Å². The summed E-state index contributed by atoms with van der Waals surface area (Å²) in [6.45, 7) is 5.67. The average Bonchev–Trinajstić information content (AvgIpc) is 3.07. The smallest absolute Gasteiger partial charge is 0.273 e. The third-order valence-corrected chi connectivity index (χ3v) is 3.94. The highest BCUT2D eigenvalue weighted by Crippen LogP contribution is 2.35. The maximum absolute atomic E-state index is 12.4. The summed E-state index contributed by atoms with van der Waals surface area (Å²) in [6.07, 6.45) is 1.69. The van der Waals surface area contributed by atoms with Gasteiger partial charge in [-0.15, -0.1) is 0 Å². The van der Waals surface area contributed by atoms with E-state index in [1.54, 1.807) is 27.1 Å². The zero-order chi connectivity index (χ0) is 19.0. The number of carbonyl (C=O) groups is 2. The van der Waals surface area contributed by atoms with Crippen molar-refractivity contribution in [1.82, 2.24) is 14.9 Å². The molecule has 1 aliphatic rings. The predicted molar refractivity (Wildman–Crippen MR) is 100 cm³/mol. The minimum absolute atomic E-state index is 0.0397. The molecule has 0 fully saturated rings. The third kappa shape index (κ3) is 3.33. The molecule has 0 spiro atoms. The number of benzene rings is 1. The number of aromatic nitrogens is 2. The number of H-pyrrole nitrogens is 1. The molecule has 2 heterocycles. The lowest BCUT2D eigenvalue weighted by molar-refractivity contribution is -0.110. The van der Waals surface area contributed by atoms with Gasteiger partial charge in [0.05, 0.1) is 11.7 Å². The van der Waals surface area contributed by atoms with E-state index < -0.39 is 0 Å². The lowest BCUT2D eigenvalue weighted by Gasteiger charge is -2.10. The number of hydrogen-bond donors (Lipinski definition) is 2. The highest BCUT2D eigenvalue weighted by molar-refractivity contribution is 6.34. The number of anilines is 1. The molecule has 1 aromatic carbocycles. The first kappa shape index (κ1) is 17.7. The Labute approximate surface area is 152 Å². The summed E-state index contributed by atoms with van der Waals surface area (Å²) >= 11 is 0. The Kier molecular flexibility index (Phi) is 4.54. The van der Waals surface area contributed by atoms with E-state index >= 15 is 0 Å². The van der Waals surface area contributed by atoms with Crippen molar-refractivity contribution in [3.8, 4) is 5.75 Å². The van der Waals surface area contributed by atoms with Crippen molar-refractivity contribution in [3.63, 3.8) is 0 Å². The highest BCUT2D eigenvalue weighted by atomic mass is 16.5. The first-order chi connectivity index (χ1) is 12.3. The summed E-state index contributed by atoms with van der Waals surface area (Å²) in [5.41, 5.74) is 2.96. The molecule has 7 heteroatoms. The van der Waals surface area contributed by atoms with E-state index in [4.69, 9.17) is 4.74 Å². The molecule has 0 saturated heterocycles. The molecule has 2 N–H and O–H groups in total. The molecule has 0 unspecified atom stereocenters. The van der Waals surface area contributed by atoms with Gasteiger partial charge in [0, 0.05) is 31.0 Å². The number of rotatable bonds is 4. The van der Waals surface area contributed by atoms with E-state index in [1.165, 1.54) is 4.90 Å². The first-order valence-electron chi connectivity index (χ1n) is 8.38. The molecule has 0 atom stereocenters. The molecule has 1 aromatic heterocycles. The standard InChI is InChI=1S/C19H22N4O3/c1-10(2)26-12-6-7-15-13(8-12)14(18(24)21-15)9-16-20-11(3)17(22-16)19(25)23(4)5/h6-10H,1-5H3,(H,20,22)(H,21,24). The van der Waals surface area contributed by atoms with Crippen LogP contribution in [0.4, 0.5) is 5.69 Å². The fourth-order valence-electron chi connectivity index (χ4n) is 2.76. The predicted octanol–water partition coefficient (Wildman–Crippen LogP) is 2.70. The molecule has 2 amide bonds. The van der Waals surface area contributed by atoms with E-state index in [0.29, 0.717) is 28.5 Å². The Morgan fingerprint density at radius 1 is 1.31 bits per heavy atom. The van der Waals surface area contributed by atoms with E-state index in [1.807, 2.05) is 32.0 Å². The van der Waals surface area contributed by atoms with Gasteiger partial charge in [-0.05, 0) is 45.0 Å². The third-order valence-electron chi connectivity index (χ3n) is 3.94. The van der Waals surface area contributed by atoms with Crippen LogP contribution in [-0.4, -0.2) is 46.9 Å². The summed E-state index contributed by atoms with van der Waals surface area (Å²) in [5.74, 6) is 0.754. The Balaban J connectivity index is 1.99. The van der Waals surface area contributed by atoms with Gasteiger partial charge in [0.2, 0.25) is 0 Å². The number of fused-ring (bicyclic) bond motifs is 1. The fourth-order valence-corrected chi connectivity index (χ4v) is 2.76. The van der Waals surface area contributed by atoms with E-state index in [2.05, 4.69) is 15.3 Å². The van der Waals surface area contributed by atoms with Crippen molar-refractivity contribution in [3.05, 3.63) is 41.0 Å². The van der Waals surface area contributed by atoms with Crippen LogP contribution in [0, 0.1) is 6.92 Å². The number of nitrogens with one attached hydrogen (secondary N) is 2. The normalized spacial score (nSPS) is 14.5. The van der Waals surface area contributed by atoms with E-state index in [-0.39, 0.29) is 17.9 Å². The first-order valence-corrected chi connectivity index (χ1v) is 8.38. The molecule has 0 bridgehead atoms. The van der Waals surface area contributed by atoms with Crippen LogP contribution in [0.15, 0.2) is 18.2 Å². The highest BCUT2D eigenvalue weighted by Gasteiger charge is 2.26. The van der Waals surface area contributed by atoms with Gasteiger partial charge >= 0.3 is 0 Å². The van der Waals surface area contributed by atoms with Gasteiger partial charge in [-0.1, -0.05) is 0 Å². The summed E-state index contributed by atoms with van der Waals surface area (Å²) in [4.78, 5) is 33.4. The second kappa shape index (κ2) is 6.67.